The first-order valence-corrected chi connectivity index (χ1v) is 10.4. The third kappa shape index (κ3) is 4.78. The molecule has 0 aromatic heterocycles. The van der Waals surface area contributed by atoms with Gasteiger partial charge < -0.3 is 9.80 Å². The second-order valence-electron chi connectivity index (χ2n) is 7.57. The van der Waals surface area contributed by atoms with Crippen LogP contribution in [0.2, 0.25) is 0 Å². The molecule has 2 aromatic rings. The maximum absolute atomic E-state index is 11.9. The van der Waals surface area contributed by atoms with Crippen LogP contribution in [0.1, 0.15) is 49.8 Å². The van der Waals surface area contributed by atoms with Crippen LogP contribution < -0.4 is 4.90 Å². The van der Waals surface area contributed by atoms with Gasteiger partial charge in [-0.05, 0) is 68.0 Å². The Bertz CT molecular complexity index is 722. The van der Waals surface area contributed by atoms with Crippen molar-refractivity contribution in [1.82, 2.24) is 4.90 Å². The number of carbonyl (C=O) groups is 1. The second kappa shape index (κ2) is 9.70. The molecule has 0 radical (unpaired) electrons. The van der Waals surface area contributed by atoms with Crippen molar-refractivity contribution in [2.24, 2.45) is 0 Å². The van der Waals surface area contributed by atoms with E-state index in [-0.39, 0.29) is 0 Å². The van der Waals surface area contributed by atoms with E-state index in [4.69, 9.17) is 0 Å². The van der Waals surface area contributed by atoms with Crippen LogP contribution in [0.4, 0.5) is 5.69 Å². The SMILES string of the molecule is CCCN(CCC)C1CCc2cccc(N(C=O)Cc3ccccc3)c2C1. The highest BCUT2D eigenvalue weighted by Crippen LogP contribution is 2.32. The van der Waals surface area contributed by atoms with Crippen LogP contribution in [0.3, 0.4) is 0 Å². The fraction of sp³-hybridized carbons (Fsp3) is 0.458. The molecule has 27 heavy (non-hydrogen) atoms. The topological polar surface area (TPSA) is 23.6 Å². The van der Waals surface area contributed by atoms with Gasteiger partial charge >= 0.3 is 0 Å². The predicted octanol–water partition coefficient (Wildman–Crippen LogP) is 4.83. The first-order valence-electron chi connectivity index (χ1n) is 10.4. The molecule has 1 amide bonds. The number of hydrogen-bond acceptors (Lipinski definition) is 2. The molecule has 1 aliphatic rings. The van der Waals surface area contributed by atoms with Gasteiger partial charge in [0, 0.05) is 11.7 Å². The molecule has 144 valence electrons. The zero-order valence-electron chi connectivity index (χ0n) is 16.7. The summed E-state index contributed by atoms with van der Waals surface area (Å²) < 4.78 is 0. The number of benzene rings is 2. The van der Waals surface area contributed by atoms with Crippen molar-refractivity contribution in [3.05, 3.63) is 65.2 Å². The largest absolute Gasteiger partial charge is 0.310 e. The van der Waals surface area contributed by atoms with Gasteiger partial charge in [-0.15, -0.1) is 0 Å². The van der Waals surface area contributed by atoms with E-state index in [1.54, 1.807) is 0 Å². The van der Waals surface area contributed by atoms with Gasteiger partial charge in [0.05, 0.1) is 6.54 Å². The summed E-state index contributed by atoms with van der Waals surface area (Å²) in [5.41, 5.74) is 5.03. The van der Waals surface area contributed by atoms with E-state index in [0.29, 0.717) is 12.6 Å². The van der Waals surface area contributed by atoms with Gasteiger partial charge in [-0.3, -0.25) is 4.79 Å². The number of nitrogens with zero attached hydrogens (tertiary/aromatic N) is 2. The fourth-order valence-corrected chi connectivity index (χ4v) is 4.34. The molecule has 0 spiro atoms. The monoisotopic (exact) mass is 364 g/mol. The lowest BCUT2D eigenvalue weighted by Gasteiger charge is -2.36. The first kappa shape index (κ1) is 19.6. The zero-order valence-corrected chi connectivity index (χ0v) is 16.7. The number of amides is 1. The highest BCUT2D eigenvalue weighted by atomic mass is 16.1. The Hall–Kier alpha value is -2.13. The van der Waals surface area contributed by atoms with E-state index in [2.05, 4.69) is 49.1 Å². The molecule has 1 unspecified atom stereocenters. The van der Waals surface area contributed by atoms with Gasteiger partial charge in [0.1, 0.15) is 0 Å². The summed E-state index contributed by atoms with van der Waals surface area (Å²) in [4.78, 5) is 16.5. The summed E-state index contributed by atoms with van der Waals surface area (Å²) in [5, 5.41) is 0. The Morgan fingerprint density at radius 2 is 1.74 bits per heavy atom. The third-order valence-electron chi connectivity index (χ3n) is 5.61. The van der Waals surface area contributed by atoms with Crippen molar-refractivity contribution in [3.63, 3.8) is 0 Å². The van der Waals surface area contributed by atoms with Crippen molar-refractivity contribution >= 4 is 12.1 Å². The van der Waals surface area contributed by atoms with Crippen LogP contribution in [0, 0.1) is 0 Å². The molecule has 3 heteroatoms. The van der Waals surface area contributed by atoms with E-state index >= 15 is 0 Å². The quantitative estimate of drug-likeness (QED) is 0.595. The number of aryl methyl sites for hydroxylation is 1. The van der Waals surface area contributed by atoms with Crippen LogP contribution in [0.15, 0.2) is 48.5 Å². The Balaban J connectivity index is 1.85. The number of fused-ring (bicyclic) bond motifs is 1. The van der Waals surface area contributed by atoms with E-state index in [0.717, 1.165) is 43.6 Å². The van der Waals surface area contributed by atoms with Gasteiger partial charge in [0.2, 0.25) is 6.41 Å². The number of rotatable bonds is 9. The molecule has 0 bridgehead atoms. The molecular weight excluding hydrogens is 332 g/mol. The van der Waals surface area contributed by atoms with Crippen LogP contribution in [-0.2, 0) is 24.2 Å². The molecule has 0 saturated heterocycles. The van der Waals surface area contributed by atoms with E-state index in [9.17, 15) is 4.79 Å². The first-order chi connectivity index (χ1) is 13.3. The van der Waals surface area contributed by atoms with Crippen molar-refractivity contribution < 1.29 is 4.79 Å². The predicted molar refractivity (Wildman–Crippen MR) is 113 cm³/mol. The summed E-state index contributed by atoms with van der Waals surface area (Å²) in [6.07, 6.45) is 6.75. The Labute approximate surface area is 164 Å². The standard InChI is InChI=1S/C24H32N2O/c1-3-15-25(16-4-2)22-14-13-21-11-8-12-24(23(21)17-22)26(19-27)18-20-9-6-5-7-10-20/h5-12,19,22H,3-4,13-18H2,1-2H3. The molecule has 0 fully saturated rings. The number of carbonyl (C=O) groups excluding carboxylic acids is 1. The van der Waals surface area contributed by atoms with Crippen molar-refractivity contribution in [2.45, 2.75) is 58.5 Å². The Morgan fingerprint density at radius 1 is 1.00 bits per heavy atom. The van der Waals surface area contributed by atoms with Crippen LogP contribution >= 0.6 is 0 Å². The summed E-state index contributed by atoms with van der Waals surface area (Å²) >= 11 is 0. The Kier molecular flexibility index (Phi) is 7.05. The minimum atomic E-state index is 0.587. The van der Waals surface area contributed by atoms with E-state index < -0.39 is 0 Å². The minimum absolute atomic E-state index is 0.587. The smallest absolute Gasteiger partial charge is 0.214 e. The van der Waals surface area contributed by atoms with E-state index in [1.807, 2.05) is 23.1 Å². The zero-order chi connectivity index (χ0) is 19.1. The van der Waals surface area contributed by atoms with E-state index in [1.165, 1.54) is 30.4 Å². The molecule has 0 aliphatic heterocycles. The van der Waals surface area contributed by atoms with Crippen LogP contribution in [0.25, 0.3) is 0 Å². The Morgan fingerprint density at radius 3 is 2.41 bits per heavy atom. The lowest BCUT2D eigenvalue weighted by molar-refractivity contribution is -0.107. The number of hydrogen-bond donors (Lipinski definition) is 0. The maximum atomic E-state index is 11.9. The molecule has 0 heterocycles. The van der Waals surface area contributed by atoms with Crippen molar-refractivity contribution in [1.29, 1.82) is 0 Å². The lowest BCUT2D eigenvalue weighted by atomic mass is 9.86. The van der Waals surface area contributed by atoms with Gasteiger partial charge in [-0.1, -0.05) is 56.3 Å². The fourth-order valence-electron chi connectivity index (χ4n) is 4.34. The minimum Gasteiger partial charge on any atom is -0.310 e. The molecular formula is C24H32N2O. The van der Waals surface area contributed by atoms with Crippen molar-refractivity contribution in [3.8, 4) is 0 Å². The normalized spacial score (nSPS) is 16.2. The average molecular weight is 365 g/mol. The highest BCUT2D eigenvalue weighted by molar-refractivity contribution is 5.78. The van der Waals surface area contributed by atoms with Gasteiger partial charge in [-0.2, -0.15) is 0 Å². The lowest BCUT2D eigenvalue weighted by Crippen LogP contribution is -2.40. The summed E-state index contributed by atoms with van der Waals surface area (Å²) in [6.45, 7) is 7.48. The van der Waals surface area contributed by atoms with Crippen molar-refractivity contribution in [2.75, 3.05) is 18.0 Å². The molecule has 1 atom stereocenters. The molecule has 3 rings (SSSR count). The van der Waals surface area contributed by atoms with Gasteiger partial charge in [-0.25, -0.2) is 0 Å². The van der Waals surface area contributed by atoms with Crippen LogP contribution in [0.5, 0.6) is 0 Å². The molecule has 0 N–H and O–H groups in total. The molecule has 1 aliphatic carbocycles. The third-order valence-corrected chi connectivity index (χ3v) is 5.61. The molecule has 2 aromatic carbocycles. The summed E-state index contributed by atoms with van der Waals surface area (Å²) in [7, 11) is 0. The number of anilines is 1. The maximum Gasteiger partial charge on any atom is 0.214 e. The molecule has 3 nitrogen and oxygen atoms in total. The second-order valence-corrected chi connectivity index (χ2v) is 7.57. The average Bonchev–Trinajstić information content (AvgIpc) is 2.72. The highest BCUT2D eigenvalue weighted by Gasteiger charge is 2.26. The molecule has 0 saturated carbocycles. The van der Waals surface area contributed by atoms with Gasteiger partial charge in [0.25, 0.3) is 0 Å². The summed E-state index contributed by atoms with van der Waals surface area (Å²) in [6, 6.07) is 17.3. The van der Waals surface area contributed by atoms with Gasteiger partial charge in [0.15, 0.2) is 0 Å². The summed E-state index contributed by atoms with van der Waals surface area (Å²) in [5.74, 6) is 0. The van der Waals surface area contributed by atoms with Crippen LogP contribution in [-0.4, -0.2) is 30.4 Å².